The number of esters is 1. The predicted molar refractivity (Wildman–Crippen MR) is 103 cm³/mol. The molecule has 0 unspecified atom stereocenters. The number of hydrogen-bond acceptors (Lipinski definition) is 6. The lowest BCUT2D eigenvalue weighted by Gasteiger charge is -2.25. The van der Waals surface area contributed by atoms with E-state index >= 15 is 0 Å². The van der Waals surface area contributed by atoms with Gasteiger partial charge in [-0.3, -0.25) is 9.10 Å². The summed E-state index contributed by atoms with van der Waals surface area (Å²) in [4.78, 5) is 11.7. The van der Waals surface area contributed by atoms with Crippen molar-refractivity contribution in [1.82, 2.24) is 0 Å². The lowest BCUT2D eigenvalue weighted by atomic mass is 10.3. The van der Waals surface area contributed by atoms with E-state index < -0.39 is 22.5 Å². The van der Waals surface area contributed by atoms with E-state index in [1.54, 1.807) is 0 Å². The highest BCUT2D eigenvalue weighted by Crippen LogP contribution is 2.35. The fraction of sp³-hybridized carbons (Fsp3) is 0.235. The minimum atomic E-state index is -4.20. The van der Waals surface area contributed by atoms with Crippen molar-refractivity contribution in [2.24, 2.45) is 0 Å². The largest absolute Gasteiger partial charge is 0.493 e. The Labute approximate surface area is 167 Å². The topological polar surface area (TPSA) is 82.1 Å². The zero-order valence-corrected chi connectivity index (χ0v) is 17.1. The molecular formula is C17H17Cl2NO6S. The van der Waals surface area contributed by atoms with Crippen LogP contribution in [-0.4, -0.2) is 42.3 Å². The zero-order valence-electron chi connectivity index (χ0n) is 14.7. The van der Waals surface area contributed by atoms with Crippen LogP contribution in [0.5, 0.6) is 11.5 Å². The van der Waals surface area contributed by atoms with Crippen molar-refractivity contribution in [2.45, 2.75) is 4.90 Å². The molecule has 0 N–H and O–H groups in total. The molecule has 10 heteroatoms. The van der Waals surface area contributed by atoms with E-state index in [0.717, 1.165) is 11.4 Å². The Hall–Kier alpha value is -2.16. The van der Waals surface area contributed by atoms with Crippen molar-refractivity contribution >= 4 is 44.9 Å². The van der Waals surface area contributed by atoms with Gasteiger partial charge < -0.3 is 14.2 Å². The van der Waals surface area contributed by atoms with Gasteiger partial charge in [0.1, 0.15) is 6.54 Å². The van der Waals surface area contributed by atoms with Gasteiger partial charge in [-0.2, -0.15) is 0 Å². The number of hydrogen-bond donors (Lipinski definition) is 0. The van der Waals surface area contributed by atoms with Crippen LogP contribution in [0.1, 0.15) is 0 Å². The third-order valence-electron chi connectivity index (χ3n) is 3.62. The van der Waals surface area contributed by atoms with Crippen molar-refractivity contribution in [2.75, 3.05) is 32.2 Å². The van der Waals surface area contributed by atoms with Gasteiger partial charge in [0.15, 0.2) is 11.5 Å². The Morgan fingerprint density at radius 1 is 1.00 bits per heavy atom. The van der Waals surface area contributed by atoms with Gasteiger partial charge in [-0.1, -0.05) is 23.2 Å². The number of sulfonamides is 1. The summed E-state index contributed by atoms with van der Waals surface area (Å²) in [5, 5.41) is 0.360. The first-order valence-electron chi connectivity index (χ1n) is 7.51. The van der Waals surface area contributed by atoms with Crippen molar-refractivity contribution in [3.05, 3.63) is 46.4 Å². The molecular weight excluding hydrogens is 417 g/mol. The van der Waals surface area contributed by atoms with Crippen LogP contribution in [0.4, 0.5) is 5.69 Å². The molecule has 2 aromatic rings. The second-order valence-corrected chi connectivity index (χ2v) is 7.91. The average molecular weight is 434 g/mol. The summed E-state index contributed by atoms with van der Waals surface area (Å²) in [6, 6.07) is 8.36. The number of methoxy groups -OCH3 is 3. The van der Waals surface area contributed by atoms with Crippen LogP contribution in [0.3, 0.4) is 0 Å². The Bertz CT molecular complexity index is 948. The number of halogens is 2. The molecule has 0 aliphatic carbocycles. The Morgan fingerprint density at radius 3 is 2.26 bits per heavy atom. The van der Waals surface area contributed by atoms with Gasteiger partial charge in [-0.25, -0.2) is 8.42 Å². The van der Waals surface area contributed by atoms with E-state index in [-0.39, 0.29) is 26.4 Å². The Balaban J connectivity index is 2.63. The molecule has 0 saturated heterocycles. The SMILES string of the molecule is COC(=O)CN(c1cc(Cl)ccc1Cl)S(=O)(=O)c1ccc(OC)c(OC)c1. The quantitative estimate of drug-likeness (QED) is 0.622. The molecule has 7 nitrogen and oxygen atoms in total. The maximum Gasteiger partial charge on any atom is 0.326 e. The lowest BCUT2D eigenvalue weighted by molar-refractivity contribution is -0.138. The molecule has 0 aliphatic rings. The summed E-state index contributed by atoms with van der Waals surface area (Å²) >= 11 is 12.1. The van der Waals surface area contributed by atoms with E-state index in [1.165, 1.54) is 50.6 Å². The molecule has 146 valence electrons. The number of rotatable bonds is 7. The first-order chi connectivity index (χ1) is 12.7. The van der Waals surface area contributed by atoms with Crippen LogP contribution in [0.15, 0.2) is 41.3 Å². The fourth-order valence-electron chi connectivity index (χ4n) is 2.26. The molecule has 0 saturated carbocycles. The van der Waals surface area contributed by atoms with Gasteiger partial charge in [0.05, 0.1) is 36.9 Å². The highest BCUT2D eigenvalue weighted by Gasteiger charge is 2.30. The maximum absolute atomic E-state index is 13.2. The van der Waals surface area contributed by atoms with Crippen LogP contribution >= 0.6 is 23.2 Å². The number of anilines is 1. The molecule has 0 bridgehead atoms. The predicted octanol–water partition coefficient (Wildman–Crippen LogP) is 3.38. The van der Waals surface area contributed by atoms with Crippen molar-refractivity contribution in [1.29, 1.82) is 0 Å². The molecule has 2 rings (SSSR count). The zero-order chi connectivity index (χ0) is 20.2. The number of nitrogens with zero attached hydrogens (tertiary/aromatic N) is 1. The molecule has 0 atom stereocenters. The van der Waals surface area contributed by atoms with Gasteiger partial charge in [0.2, 0.25) is 0 Å². The molecule has 0 spiro atoms. The van der Waals surface area contributed by atoms with E-state index in [4.69, 9.17) is 32.7 Å². The van der Waals surface area contributed by atoms with Gasteiger partial charge in [0, 0.05) is 11.1 Å². The van der Waals surface area contributed by atoms with Crippen molar-refractivity contribution < 1.29 is 27.4 Å². The van der Waals surface area contributed by atoms with Crippen LogP contribution in [-0.2, 0) is 19.6 Å². The van der Waals surface area contributed by atoms with Crippen molar-refractivity contribution in [3.63, 3.8) is 0 Å². The third kappa shape index (κ3) is 4.58. The summed E-state index contributed by atoms with van der Waals surface area (Å²) in [6.45, 7) is -0.590. The van der Waals surface area contributed by atoms with E-state index in [2.05, 4.69) is 4.74 Å². The number of carbonyl (C=O) groups is 1. The second-order valence-electron chi connectivity index (χ2n) is 5.20. The van der Waals surface area contributed by atoms with Gasteiger partial charge in [-0.05, 0) is 30.3 Å². The highest BCUT2D eigenvalue weighted by molar-refractivity contribution is 7.92. The minimum Gasteiger partial charge on any atom is -0.493 e. The summed E-state index contributed by atoms with van der Waals surface area (Å²) in [5.74, 6) is -0.194. The Kier molecular flexibility index (Phi) is 6.80. The third-order valence-corrected chi connectivity index (χ3v) is 5.93. The van der Waals surface area contributed by atoms with E-state index in [0.29, 0.717) is 5.75 Å². The highest BCUT2D eigenvalue weighted by atomic mass is 35.5. The first kappa shape index (κ1) is 21.1. The Morgan fingerprint density at radius 2 is 1.67 bits per heavy atom. The fourth-order valence-corrected chi connectivity index (χ4v) is 4.13. The van der Waals surface area contributed by atoms with E-state index in [1.807, 2.05) is 0 Å². The summed E-state index contributed by atoms with van der Waals surface area (Å²) in [6.07, 6.45) is 0. The summed E-state index contributed by atoms with van der Waals surface area (Å²) in [5.41, 5.74) is 0.0457. The second kappa shape index (κ2) is 8.69. The molecule has 0 amide bonds. The van der Waals surface area contributed by atoms with Crippen LogP contribution in [0, 0.1) is 0 Å². The first-order valence-corrected chi connectivity index (χ1v) is 9.70. The maximum atomic E-state index is 13.2. The summed E-state index contributed by atoms with van der Waals surface area (Å²) in [7, 11) is -0.231. The standard InChI is InChI=1S/C17H17Cl2NO6S/c1-24-15-7-5-12(9-16(15)25-2)27(22,23)20(10-17(21)26-3)14-8-11(18)4-6-13(14)19/h4-9H,10H2,1-3H3. The van der Waals surface area contributed by atoms with Gasteiger partial charge in [0.25, 0.3) is 10.0 Å². The molecule has 27 heavy (non-hydrogen) atoms. The molecule has 0 radical (unpaired) electrons. The van der Waals surface area contributed by atoms with Gasteiger partial charge >= 0.3 is 5.97 Å². The molecule has 2 aromatic carbocycles. The van der Waals surface area contributed by atoms with Crippen LogP contribution in [0.2, 0.25) is 10.0 Å². The average Bonchev–Trinajstić information content (AvgIpc) is 2.67. The lowest BCUT2D eigenvalue weighted by Crippen LogP contribution is -2.36. The summed E-state index contributed by atoms with van der Waals surface area (Å²) < 4.78 is 42.2. The van der Waals surface area contributed by atoms with E-state index in [9.17, 15) is 13.2 Å². The van der Waals surface area contributed by atoms with Crippen LogP contribution in [0.25, 0.3) is 0 Å². The monoisotopic (exact) mass is 433 g/mol. The minimum absolute atomic E-state index is 0.0457. The van der Waals surface area contributed by atoms with Crippen molar-refractivity contribution in [3.8, 4) is 11.5 Å². The number of carbonyl (C=O) groups excluding carboxylic acids is 1. The normalized spacial score (nSPS) is 11.0. The molecule has 0 fully saturated rings. The molecule has 0 aromatic heterocycles. The van der Waals surface area contributed by atoms with Gasteiger partial charge in [-0.15, -0.1) is 0 Å². The number of ether oxygens (including phenoxy) is 3. The smallest absolute Gasteiger partial charge is 0.326 e. The molecule has 0 heterocycles. The molecule has 0 aliphatic heterocycles. The number of benzene rings is 2. The van der Waals surface area contributed by atoms with Crippen LogP contribution < -0.4 is 13.8 Å².